The molecule has 0 aromatic heterocycles. The molecule has 0 atom stereocenters. The van der Waals surface area contributed by atoms with Gasteiger partial charge in [-0.3, -0.25) is 0 Å². The molecule has 2 aromatic carbocycles. The van der Waals surface area contributed by atoms with Crippen LogP contribution in [0, 0.1) is 0 Å². The Balaban J connectivity index is 0.000000184. The molecule has 0 amide bonds. The molecule has 2 rings (SSSR count). The predicted molar refractivity (Wildman–Crippen MR) is 81.6 cm³/mol. The van der Waals surface area contributed by atoms with Crippen molar-refractivity contribution in [3.05, 3.63) is 78.4 Å². The number of hydrogen-bond acceptors (Lipinski definition) is 0. The van der Waals surface area contributed by atoms with Gasteiger partial charge in [0, 0.05) is 0 Å². The zero-order chi connectivity index (χ0) is 13.1. The lowest BCUT2D eigenvalue weighted by Crippen LogP contribution is -1.81. The average molecular weight is 238 g/mol. The summed E-state index contributed by atoms with van der Waals surface area (Å²) in [5.41, 5.74) is 2.64. The first-order valence-corrected chi connectivity index (χ1v) is 6.58. The summed E-state index contributed by atoms with van der Waals surface area (Å²) in [5, 5.41) is 0. The van der Waals surface area contributed by atoms with E-state index < -0.39 is 0 Å². The van der Waals surface area contributed by atoms with Crippen LogP contribution in [0.25, 0.3) is 6.08 Å². The maximum Gasteiger partial charge on any atom is -0.0263 e. The van der Waals surface area contributed by atoms with Crippen LogP contribution in [0.4, 0.5) is 0 Å². The van der Waals surface area contributed by atoms with Crippen LogP contribution in [0.2, 0.25) is 0 Å². The van der Waals surface area contributed by atoms with Gasteiger partial charge in [0.05, 0.1) is 0 Å². The van der Waals surface area contributed by atoms with Crippen LogP contribution in [0.15, 0.2) is 67.2 Å². The summed E-state index contributed by atoms with van der Waals surface area (Å²) in [6, 6.07) is 20.7. The molecule has 0 bridgehead atoms. The fraction of sp³-hybridized carbons (Fsp3) is 0.222. The lowest BCUT2D eigenvalue weighted by molar-refractivity contribution is 0.795. The van der Waals surface area contributed by atoms with Crippen LogP contribution in [-0.4, -0.2) is 0 Å². The third kappa shape index (κ3) is 6.05. The van der Waals surface area contributed by atoms with Gasteiger partial charge in [0.25, 0.3) is 0 Å². The van der Waals surface area contributed by atoms with E-state index >= 15 is 0 Å². The van der Waals surface area contributed by atoms with Gasteiger partial charge in [0.15, 0.2) is 0 Å². The Hall–Kier alpha value is -1.82. The van der Waals surface area contributed by atoms with Crippen molar-refractivity contribution in [1.82, 2.24) is 0 Å². The molecule has 0 aliphatic rings. The fourth-order valence-corrected chi connectivity index (χ4v) is 1.61. The Bertz CT molecular complexity index is 414. The summed E-state index contributed by atoms with van der Waals surface area (Å²) in [6.07, 6.45) is 5.66. The van der Waals surface area contributed by atoms with E-state index in [2.05, 4.69) is 43.8 Å². The van der Waals surface area contributed by atoms with Crippen molar-refractivity contribution < 1.29 is 0 Å². The Kier molecular flexibility index (Phi) is 7.31. The van der Waals surface area contributed by atoms with Crippen LogP contribution in [-0.2, 0) is 6.42 Å². The molecule has 0 saturated heterocycles. The summed E-state index contributed by atoms with van der Waals surface area (Å²) in [7, 11) is 0. The predicted octanol–water partition coefficient (Wildman–Crippen LogP) is 5.36. The van der Waals surface area contributed by atoms with Gasteiger partial charge in [0.2, 0.25) is 0 Å². The molecule has 0 spiro atoms. The zero-order valence-corrected chi connectivity index (χ0v) is 11.2. The Morgan fingerprint density at radius 3 is 1.89 bits per heavy atom. The summed E-state index contributed by atoms with van der Waals surface area (Å²) < 4.78 is 0. The molecule has 0 heteroatoms. The van der Waals surface area contributed by atoms with Gasteiger partial charge in [-0.2, -0.15) is 0 Å². The molecule has 0 aliphatic heterocycles. The Labute approximate surface area is 111 Å². The molecular weight excluding hydrogens is 216 g/mol. The molecule has 0 N–H and O–H groups in total. The monoisotopic (exact) mass is 238 g/mol. The van der Waals surface area contributed by atoms with Crippen LogP contribution >= 0.6 is 0 Å². The number of aryl methyl sites for hydroxylation is 1. The molecule has 0 heterocycles. The quantitative estimate of drug-likeness (QED) is 0.672. The Morgan fingerprint density at radius 1 is 0.889 bits per heavy atom. The third-order valence-electron chi connectivity index (χ3n) is 2.70. The number of rotatable bonds is 4. The first-order valence-electron chi connectivity index (χ1n) is 6.58. The maximum atomic E-state index is 3.63. The van der Waals surface area contributed by atoms with Crippen molar-refractivity contribution >= 4 is 6.08 Å². The van der Waals surface area contributed by atoms with Crippen LogP contribution in [0.3, 0.4) is 0 Å². The largest absolute Gasteiger partial charge is 0.0985 e. The zero-order valence-electron chi connectivity index (χ0n) is 11.2. The molecule has 0 saturated carbocycles. The second kappa shape index (κ2) is 9.23. The van der Waals surface area contributed by atoms with Crippen molar-refractivity contribution in [2.24, 2.45) is 0 Å². The van der Waals surface area contributed by atoms with Gasteiger partial charge in [-0.1, -0.05) is 86.7 Å². The molecule has 0 fully saturated rings. The van der Waals surface area contributed by atoms with E-state index in [1.54, 1.807) is 0 Å². The van der Waals surface area contributed by atoms with E-state index in [0.717, 1.165) is 0 Å². The fourth-order valence-electron chi connectivity index (χ4n) is 1.61. The highest BCUT2D eigenvalue weighted by Gasteiger charge is 1.87. The molecule has 0 radical (unpaired) electrons. The van der Waals surface area contributed by atoms with E-state index in [4.69, 9.17) is 0 Å². The van der Waals surface area contributed by atoms with E-state index in [-0.39, 0.29) is 0 Å². The first-order chi connectivity index (χ1) is 8.86. The lowest BCUT2D eigenvalue weighted by Gasteiger charge is -1.96. The first kappa shape index (κ1) is 14.2. The third-order valence-corrected chi connectivity index (χ3v) is 2.70. The second-order valence-corrected chi connectivity index (χ2v) is 4.20. The minimum Gasteiger partial charge on any atom is -0.0985 e. The molecule has 0 unspecified atom stereocenters. The second-order valence-electron chi connectivity index (χ2n) is 4.20. The van der Waals surface area contributed by atoms with Crippen molar-refractivity contribution in [3.8, 4) is 0 Å². The number of unbranched alkanes of at least 4 members (excludes halogenated alkanes) is 1. The number of benzene rings is 2. The molecule has 2 aromatic rings. The standard InChI is InChI=1S/C10H14.C8H8/c1-2-3-7-10-8-5-4-6-9-10;1-2-8-6-4-3-5-7-8/h4-6,8-9H,2-3,7H2,1H3;2-7H,1H2. The normalized spacial score (nSPS) is 9.17. The highest BCUT2D eigenvalue weighted by Crippen LogP contribution is 2.03. The van der Waals surface area contributed by atoms with Gasteiger partial charge in [0.1, 0.15) is 0 Å². The van der Waals surface area contributed by atoms with E-state index in [1.165, 1.54) is 30.4 Å². The Morgan fingerprint density at radius 2 is 1.44 bits per heavy atom. The highest BCUT2D eigenvalue weighted by atomic mass is 13.9. The van der Waals surface area contributed by atoms with Crippen molar-refractivity contribution in [1.29, 1.82) is 0 Å². The molecule has 0 aliphatic carbocycles. The molecular formula is C18H22. The average Bonchev–Trinajstić information content (AvgIpc) is 2.48. The van der Waals surface area contributed by atoms with Crippen molar-refractivity contribution in [3.63, 3.8) is 0 Å². The smallest absolute Gasteiger partial charge is 0.0263 e. The van der Waals surface area contributed by atoms with Crippen molar-refractivity contribution in [2.75, 3.05) is 0 Å². The maximum absolute atomic E-state index is 3.63. The minimum absolute atomic E-state index is 1.17. The van der Waals surface area contributed by atoms with Gasteiger partial charge in [-0.15, -0.1) is 0 Å². The molecule has 94 valence electrons. The van der Waals surface area contributed by atoms with Gasteiger partial charge in [-0.25, -0.2) is 0 Å². The summed E-state index contributed by atoms with van der Waals surface area (Å²) in [4.78, 5) is 0. The minimum atomic E-state index is 1.17. The summed E-state index contributed by atoms with van der Waals surface area (Å²) in [5.74, 6) is 0. The number of hydrogen-bond donors (Lipinski definition) is 0. The van der Waals surface area contributed by atoms with Gasteiger partial charge >= 0.3 is 0 Å². The van der Waals surface area contributed by atoms with E-state index in [9.17, 15) is 0 Å². The van der Waals surface area contributed by atoms with Gasteiger partial charge in [-0.05, 0) is 24.0 Å². The SMILES string of the molecule is C=Cc1ccccc1.CCCCc1ccccc1. The van der Waals surface area contributed by atoms with Crippen LogP contribution < -0.4 is 0 Å². The van der Waals surface area contributed by atoms with Crippen molar-refractivity contribution in [2.45, 2.75) is 26.2 Å². The van der Waals surface area contributed by atoms with Crippen LogP contribution in [0.1, 0.15) is 30.9 Å². The highest BCUT2D eigenvalue weighted by molar-refractivity contribution is 5.45. The summed E-state index contributed by atoms with van der Waals surface area (Å²) in [6.45, 7) is 5.86. The molecule has 18 heavy (non-hydrogen) atoms. The van der Waals surface area contributed by atoms with E-state index in [0.29, 0.717) is 0 Å². The topological polar surface area (TPSA) is 0 Å². The summed E-state index contributed by atoms with van der Waals surface area (Å²) >= 11 is 0. The van der Waals surface area contributed by atoms with Gasteiger partial charge < -0.3 is 0 Å². The molecule has 0 nitrogen and oxygen atoms in total. The lowest BCUT2D eigenvalue weighted by atomic mass is 10.1. The van der Waals surface area contributed by atoms with Crippen LogP contribution in [0.5, 0.6) is 0 Å². The van der Waals surface area contributed by atoms with E-state index in [1.807, 2.05) is 36.4 Å².